The van der Waals surface area contributed by atoms with E-state index in [9.17, 15) is 0 Å². The highest BCUT2D eigenvalue weighted by Crippen LogP contribution is 2.17. The molecule has 0 saturated heterocycles. The maximum Gasteiger partial charge on any atom is 0.0461 e. The lowest BCUT2D eigenvalue weighted by atomic mass is 10.0. The Kier molecular flexibility index (Phi) is 1.92. The molecule has 0 amide bonds. The van der Waals surface area contributed by atoms with Gasteiger partial charge >= 0.3 is 0 Å². The second kappa shape index (κ2) is 3.07. The van der Waals surface area contributed by atoms with E-state index < -0.39 is 0 Å². The number of hydrogen-bond acceptors (Lipinski definition) is 2. The summed E-state index contributed by atoms with van der Waals surface area (Å²) < 4.78 is 0. The van der Waals surface area contributed by atoms with E-state index >= 15 is 0 Å². The molecule has 0 spiro atoms. The van der Waals surface area contributed by atoms with E-state index in [1.165, 1.54) is 0 Å². The Morgan fingerprint density at radius 1 is 1.25 bits per heavy atom. The van der Waals surface area contributed by atoms with Crippen LogP contribution in [0.4, 0.5) is 0 Å². The first-order chi connectivity index (χ1) is 5.88. The lowest BCUT2D eigenvalue weighted by Gasteiger charge is -2.12. The van der Waals surface area contributed by atoms with Gasteiger partial charge in [0.25, 0.3) is 0 Å². The van der Waals surface area contributed by atoms with Crippen LogP contribution in [0.2, 0.25) is 0 Å². The van der Waals surface area contributed by atoms with Crippen LogP contribution in [-0.4, -0.2) is 4.86 Å². The highest BCUT2D eigenvalue weighted by atomic mass is 32.1. The molecule has 1 N–H and O–H groups in total. The maximum absolute atomic E-state index is 5.24. The number of allylic oxidation sites excluding steroid dienone is 6. The van der Waals surface area contributed by atoms with E-state index in [0.717, 1.165) is 22.6 Å². The molecule has 0 saturated carbocycles. The van der Waals surface area contributed by atoms with Gasteiger partial charge in [0.05, 0.1) is 0 Å². The van der Waals surface area contributed by atoms with Gasteiger partial charge in [0.2, 0.25) is 0 Å². The van der Waals surface area contributed by atoms with Gasteiger partial charge in [-0.25, -0.2) is 0 Å². The highest BCUT2D eigenvalue weighted by Gasteiger charge is 2.10. The molecule has 0 aromatic carbocycles. The summed E-state index contributed by atoms with van der Waals surface area (Å²) in [5, 5.41) is 3.18. The van der Waals surface area contributed by atoms with Gasteiger partial charge in [-0.15, -0.1) is 0 Å². The summed E-state index contributed by atoms with van der Waals surface area (Å²) in [6, 6.07) is 0. The molecule has 0 aromatic heterocycles. The monoisotopic (exact) mass is 175 g/mol. The van der Waals surface area contributed by atoms with Crippen LogP contribution in [0, 0.1) is 0 Å². The minimum absolute atomic E-state index is 0.889. The van der Waals surface area contributed by atoms with Crippen molar-refractivity contribution in [1.82, 2.24) is 5.32 Å². The van der Waals surface area contributed by atoms with Gasteiger partial charge in [0.1, 0.15) is 0 Å². The average molecular weight is 175 g/mol. The molecule has 60 valence electrons. The number of thiocarbonyl (C=S) groups is 1. The summed E-state index contributed by atoms with van der Waals surface area (Å²) >= 11 is 5.24. The van der Waals surface area contributed by atoms with Crippen molar-refractivity contribution in [2.24, 2.45) is 0 Å². The van der Waals surface area contributed by atoms with Gasteiger partial charge in [-0.1, -0.05) is 30.4 Å². The summed E-state index contributed by atoms with van der Waals surface area (Å²) in [5.41, 5.74) is 2.26. The molecule has 0 fully saturated rings. The first-order valence-electron chi connectivity index (χ1n) is 3.92. The first kappa shape index (κ1) is 7.50. The van der Waals surface area contributed by atoms with Crippen molar-refractivity contribution in [3.63, 3.8) is 0 Å². The highest BCUT2D eigenvalue weighted by molar-refractivity contribution is 7.80. The van der Waals surface area contributed by atoms with E-state index in [1.807, 2.05) is 18.4 Å². The van der Waals surface area contributed by atoms with E-state index in [2.05, 4.69) is 23.5 Å². The molecule has 0 radical (unpaired) electrons. The quantitative estimate of drug-likeness (QED) is 0.567. The molecule has 1 nitrogen and oxygen atoms in total. The summed E-state index contributed by atoms with van der Waals surface area (Å²) in [5.74, 6) is 0. The van der Waals surface area contributed by atoms with Crippen molar-refractivity contribution in [2.45, 2.75) is 6.42 Å². The van der Waals surface area contributed by atoms with Crippen molar-refractivity contribution in [3.8, 4) is 0 Å². The second-order valence-electron chi connectivity index (χ2n) is 2.72. The summed E-state index contributed by atoms with van der Waals surface area (Å²) in [4.78, 5) is 1.01. The topological polar surface area (TPSA) is 12.0 Å². The van der Waals surface area contributed by atoms with Crippen LogP contribution in [0.15, 0.2) is 47.9 Å². The Labute approximate surface area is 77.2 Å². The molecular formula is C10H9NS. The molecule has 2 rings (SSSR count). The van der Waals surface area contributed by atoms with Crippen LogP contribution in [0.1, 0.15) is 6.42 Å². The predicted octanol–water partition coefficient (Wildman–Crippen LogP) is 2.24. The van der Waals surface area contributed by atoms with Crippen molar-refractivity contribution >= 4 is 17.1 Å². The molecule has 0 atom stereocenters. The van der Waals surface area contributed by atoms with E-state index in [-0.39, 0.29) is 0 Å². The third kappa shape index (κ3) is 1.25. The van der Waals surface area contributed by atoms with Crippen molar-refractivity contribution in [2.75, 3.05) is 0 Å². The minimum atomic E-state index is 0.889. The second-order valence-corrected chi connectivity index (χ2v) is 3.21. The molecule has 0 bridgehead atoms. The summed E-state index contributed by atoms with van der Waals surface area (Å²) in [7, 11) is 0. The van der Waals surface area contributed by atoms with Crippen molar-refractivity contribution in [3.05, 3.63) is 47.9 Å². The van der Waals surface area contributed by atoms with Gasteiger partial charge in [-0.2, -0.15) is 0 Å². The number of hydrogen-bond donors (Lipinski definition) is 1. The van der Waals surface area contributed by atoms with Crippen LogP contribution >= 0.6 is 12.2 Å². The molecule has 2 heteroatoms. The zero-order chi connectivity index (χ0) is 8.39. The lowest BCUT2D eigenvalue weighted by molar-refractivity contribution is 1.09. The molecule has 1 aliphatic carbocycles. The van der Waals surface area contributed by atoms with Crippen molar-refractivity contribution in [1.29, 1.82) is 0 Å². The predicted molar refractivity (Wildman–Crippen MR) is 54.8 cm³/mol. The Bertz CT molecular complexity index is 332. The Morgan fingerprint density at radius 2 is 2.17 bits per heavy atom. The van der Waals surface area contributed by atoms with Gasteiger partial charge in [-0.3, -0.25) is 0 Å². The van der Waals surface area contributed by atoms with Crippen LogP contribution in [0.3, 0.4) is 0 Å². The van der Waals surface area contributed by atoms with Crippen LogP contribution in [0.25, 0.3) is 0 Å². The standard InChI is InChI=1S/C10H9NS/c12-10-6-3-5-9-8(10)4-1-2-7-11-9/h1-5,7,11H,6H2. The average Bonchev–Trinajstić information content (AvgIpc) is 2.30. The molecule has 1 aliphatic heterocycles. The minimum Gasteiger partial charge on any atom is -0.361 e. The van der Waals surface area contributed by atoms with Gasteiger partial charge < -0.3 is 5.32 Å². The molecule has 12 heavy (non-hydrogen) atoms. The fourth-order valence-corrected chi connectivity index (χ4v) is 1.56. The fourth-order valence-electron chi connectivity index (χ4n) is 1.29. The number of rotatable bonds is 0. The maximum atomic E-state index is 5.24. The van der Waals surface area contributed by atoms with Crippen LogP contribution < -0.4 is 5.32 Å². The van der Waals surface area contributed by atoms with Gasteiger partial charge in [-0.05, 0) is 12.2 Å². The number of nitrogens with one attached hydrogen (secondary N) is 1. The molecule has 0 aromatic rings. The molecule has 1 heterocycles. The largest absolute Gasteiger partial charge is 0.361 e. The Hall–Kier alpha value is -1.15. The molecule has 2 aliphatic rings. The fraction of sp³-hybridized carbons (Fsp3) is 0.100. The SMILES string of the molecule is S=C1CC=CC2=C1C=CC=CN2. The van der Waals surface area contributed by atoms with E-state index in [0.29, 0.717) is 0 Å². The Balaban J connectivity index is 2.45. The normalized spacial score (nSPS) is 20.5. The first-order valence-corrected chi connectivity index (χ1v) is 4.32. The van der Waals surface area contributed by atoms with Crippen LogP contribution in [0.5, 0.6) is 0 Å². The smallest absolute Gasteiger partial charge is 0.0461 e. The summed E-state index contributed by atoms with van der Waals surface area (Å²) in [6.07, 6.45) is 13.0. The van der Waals surface area contributed by atoms with E-state index in [4.69, 9.17) is 12.2 Å². The third-order valence-electron chi connectivity index (χ3n) is 1.89. The van der Waals surface area contributed by atoms with Gasteiger partial charge in [0.15, 0.2) is 0 Å². The summed E-state index contributed by atoms with van der Waals surface area (Å²) in [6.45, 7) is 0. The zero-order valence-corrected chi connectivity index (χ0v) is 7.40. The molecular weight excluding hydrogens is 166 g/mol. The molecule has 0 unspecified atom stereocenters. The van der Waals surface area contributed by atoms with Gasteiger partial charge in [0, 0.05) is 28.8 Å². The third-order valence-corrected chi connectivity index (χ3v) is 2.27. The Morgan fingerprint density at radius 3 is 3.08 bits per heavy atom. The van der Waals surface area contributed by atoms with Crippen LogP contribution in [-0.2, 0) is 0 Å². The zero-order valence-electron chi connectivity index (χ0n) is 6.58. The van der Waals surface area contributed by atoms with Crippen molar-refractivity contribution < 1.29 is 0 Å². The van der Waals surface area contributed by atoms with E-state index in [1.54, 1.807) is 0 Å². The lowest BCUT2D eigenvalue weighted by Crippen LogP contribution is -2.12.